The van der Waals surface area contributed by atoms with E-state index in [9.17, 15) is 19.7 Å². The lowest BCUT2D eigenvalue weighted by atomic mass is 9.90. The van der Waals surface area contributed by atoms with Crippen LogP contribution < -0.4 is 10.6 Å². The molecule has 1 fully saturated rings. The molecule has 1 atom stereocenters. The first kappa shape index (κ1) is 22.4. The highest BCUT2D eigenvalue weighted by atomic mass is 127. The van der Waals surface area contributed by atoms with Crippen LogP contribution in [0, 0.1) is 27.2 Å². The number of carbonyl (C=O) groups excluding carboxylic acids is 2. The van der Waals surface area contributed by atoms with Crippen molar-refractivity contribution in [3.63, 3.8) is 0 Å². The quantitative estimate of drug-likeness (QED) is 0.188. The number of allylic oxidation sites excluding steroid dienone is 1. The van der Waals surface area contributed by atoms with E-state index in [0.29, 0.717) is 18.1 Å². The van der Waals surface area contributed by atoms with Crippen LogP contribution in [0.2, 0.25) is 0 Å². The number of urea groups is 1. The Hall–Kier alpha value is -2.26. The maximum absolute atomic E-state index is 13.0. The number of nitro groups is 1. The predicted molar refractivity (Wildman–Crippen MR) is 121 cm³/mol. The van der Waals surface area contributed by atoms with Gasteiger partial charge in [0.2, 0.25) is 0 Å². The summed E-state index contributed by atoms with van der Waals surface area (Å²) in [5.41, 5.74) is 0.563. The van der Waals surface area contributed by atoms with E-state index in [1.54, 1.807) is 6.07 Å². The summed E-state index contributed by atoms with van der Waals surface area (Å²) >= 11 is 1.99. The first-order valence-corrected chi connectivity index (χ1v) is 12.9. The lowest BCUT2D eigenvalue weighted by Crippen LogP contribution is -2.45. The molecule has 2 aliphatic rings. The molecule has 158 valence electrons. The van der Waals surface area contributed by atoms with Gasteiger partial charge in [0.1, 0.15) is 5.70 Å². The fourth-order valence-electron chi connectivity index (χ4n) is 3.65. The third-order valence-corrected chi connectivity index (χ3v) is 5.94. The second-order valence-electron chi connectivity index (χ2n) is 7.08. The number of benzene rings is 1. The minimum absolute atomic E-state index is 0.134. The Morgan fingerprint density at radius 1 is 1.33 bits per heavy atom. The van der Waals surface area contributed by atoms with Gasteiger partial charge in [0, 0.05) is 33.3 Å². The Bertz CT molecular complexity index is 934. The van der Waals surface area contributed by atoms with E-state index in [1.165, 1.54) is 33.6 Å². The summed E-state index contributed by atoms with van der Waals surface area (Å²) in [5.74, 6) is 2.52. The van der Waals surface area contributed by atoms with Crippen molar-refractivity contribution < 1.29 is 19.2 Å². The van der Waals surface area contributed by atoms with Crippen LogP contribution in [0.4, 0.5) is 10.5 Å². The van der Waals surface area contributed by atoms with E-state index in [0.717, 1.165) is 25.7 Å². The Labute approximate surface area is 190 Å². The van der Waals surface area contributed by atoms with Crippen LogP contribution >= 0.6 is 30.1 Å². The minimum Gasteiger partial charge on any atom is -0.462 e. The van der Waals surface area contributed by atoms with Gasteiger partial charge < -0.3 is 15.4 Å². The van der Waals surface area contributed by atoms with Gasteiger partial charge in [-0.2, -0.15) is 0 Å². The topological polar surface area (TPSA) is 111 Å². The average molecular weight is 541 g/mol. The van der Waals surface area contributed by atoms with E-state index in [1.807, 2.05) is 21.2 Å². The molecule has 2 amide bonds. The summed E-state index contributed by atoms with van der Waals surface area (Å²) in [4.78, 5) is 35.9. The van der Waals surface area contributed by atoms with Crippen LogP contribution in [0.3, 0.4) is 0 Å². The summed E-state index contributed by atoms with van der Waals surface area (Å²) < 4.78 is 5.60. The molecule has 1 aromatic carbocycles. The predicted octanol–water partition coefficient (Wildman–Crippen LogP) is 4.37. The smallest absolute Gasteiger partial charge is 0.339 e. The third kappa shape index (κ3) is 5.66. The van der Waals surface area contributed by atoms with E-state index in [2.05, 4.69) is 21.8 Å². The number of halogens is 1. The summed E-state index contributed by atoms with van der Waals surface area (Å²) in [5, 5.41) is 19.2. The molecule has 1 heterocycles. The number of ether oxygens (including phenoxy) is 1. The highest BCUT2D eigenvalue weighted by Gasteiger charge is 2.34. The molecule has 0 aromatic heterocycles. The van der Waals surface area contributed by atoms with Crippen molar-refractivity contribution in [1.29, 1.82) is 0 Å². The van der Waals surface area contributed by atoms with Crippen LogP contribution in [0.5, 0.6) is 0 Å². The first-order valence-electron chi connectivity index (χ1n) is 9.51. The SMILES string of the molecule is O=C1NC(C#CSI)=C(C(=O)OCC2CCCCC2)C(c2cccc([N+](=O)[O-])c2)N1. The number of hydrogen-bond donors (Lipinski definition) is 2. The summed E-state index contributed by atoms with van der Waals surface area (Å²) in [7, 11) is 1.21. The molecule has 2 N–H and O–H groups in total. The van der Waals surface area contributed by atoms with Gasteiger partial charge in [-0.15, -0.1) is 0 Å². The molecule has 30 heavy (non-hydrogen) atoms. The second kappa shape index (κ2) is 10.7. The molecule has 10 heteroatoms. The van der Waals surface area contributed by atoms with Crippen LogP contribution in [0.1, 0.15) is 43.7 Å². The fraction of sp³-hybridized carbons (Fsp3) is 0.400. The lowest BCUT2D eigenvalue weighted by Gasteiger charge is -2.28. The van der Waals surface area contributed by atoms with E-state index < -0.39 is 23.0 Å². The Morgan fingerprint density at radius 3 is 2.80 bits per heavy atom. The van der Waals surface area contributed by atoms with Crippen molar-refractivity contribution in [2.75, 3.05) is 6.61 Å². The fourth-order valence-corrected chi connectivity index (χ4v) is 4.12. The van der Waals surface area contributed by atoms with E-state index in [-0.39, 0.29) is 17.0 Å². The zero-order valence-electron chi connectivity index (χ0n) is 16.0. The lowest BCUT2D eigenvalue weighted by molar-refractivity contribution is -0.384. The zero-order valence-corrected chi connectivity index (χ0v) is 19.0. The van der Waals surface area contributed by atoms with Crippen molar-refractivity contribution in [3.8, 4) is 11.2 Å². The van der Waals surface area contributed by atoms with Crippen LogP contribution in [0.15, 0.2) is 35.5 Å². The number of hydrogen-bond acceptors (Lipinski definition) is 6. The largest absolute Gasteiger partial charge is 0.462 e. The molecular weight excluding hydrogens is 521 g/mol. The van der Waals surface area contributed by atoms with Gasteiger partial charge in [-0.3, -0.25) is 10.1 Å². The van der Waals surface area contributed by atoms with Gasteiger partial charge >= 0.3 is 12.0 Å². The van der Waals surface area contributed by atoms with Gasteiger partial charge in [0.15, 0.2) is 0 Å². The molecule has 1 unspecified atom stereocenters. The zero-order chi connectivity index (χ0) is 21.5. The van der Waals surface area contributed by atoms with Gasteiger partial charge in [-0.25, -0.2) is 9.59 Å². The van der Waals surface area contributed by atoms with Gasteiger partial charge in [0.05, 0.1) is 23.1 Å². The second-order valence-corrected chi connectivity index (χ2v) is 8.76. The van der Waals surface area contributed by atoms with Crippen molar-refractivity contribution in [2.24, 2.45) is 5.92 Å². The number of carbonyl (C=O) groups is 2. The number of rotatable bonds is 5. The van der Waals surface area contributed by atoms with Crippen molar-refractivity contribution in [1.82, 2.24) is 10.6 Å². The maximum atomic E-state index is 13.0. The molecule has 3 rings (SSSR count). The van der Waals surface area contributed by atoms with E-state index >= 15 is 0 Å². The number of nitro benzene ring substituents is 1. The standard InChI is InChI=1S/C20H20IN3O5S/c21-30-10-9-16-17(19(25)29-12-13-5-2-1-3-6-13)18(23-20(26)22-16)14-7-4-8-15(11-14)24(27)28/h4,7-8,11,13,18H,1-3,5-6,12H2,(H2,22,23,26). The average Bonchev–Trinajstić information content (AvgIpc) is 2.76. The summed E-state index contributed by atoms with van der Waals surface area (Å²) in [6, 6.07) is 4.38. The molecule has 1 aromatic rings. The first-order chi connectivity index (χ1) is 14.5. The summed E-state index contributed by atoms with van der Waals surface area (Å²) in [6.07, 6.45) is 5.50. The minimum atomic E-state index is -0.902. The number of non-ortho nitro benzene ring substituents is 1. The van der Waals surface area contributed by atoms with Crippen molar-refractivity contribution >= 4 is 47.8 Å². The van der Waals surface area contributed by atoms with Crippen LogP contribution in [-0.2, 0) is 9.53 Å². The number of esters is 1. The Morgan fingerprint density at radius 2 is 2.10 bits per heavy atom. The molecule has 0 saturated heterocycles. The molecular formula is C20H20IN3O5S. The Balaban J connectivity index is 1.94. The number of nitrogens with one attached hydrogen (secondary N) is 2. The highest BCUT2D eigenvalue weighted by Crippen LogP contribution is 2.31. The molecule has 0 spiro atoms. The Kier molecular flexibility index (Phi) is 7.98. The third-order valence-electron chi connectivity index (χ3n) is 5.10. The van der Waals surface area contributed by atoms with Crippen molar-refractivity contribution in [3.05, 3.63) is 51.2 Å². The van der Waals surface area contributed by atoms with Crippen LogP contribution in [-0.4, -0.2) is 23.5 Å². The molecule has 1 aliphatic carbocycles. The normalized spacial score (nSPS) is 19.2. The van der Waals surface area contributed by atoms with E-state index in [4.69, 9.17) is 4.74 Å². The summed E-state index contributed by atoms with van der Waals surface area (Å²) in [6.45, 7) is 0.305. The molecule has 0 bridgehead atoms. The highest BCUT2D eigenvalue weighted by molar-refractivity contribution is 14.2. The monoisotopic (exact) mass is 541 g/mol. The van der Waals surface area contributed by atoms with Gasteiger partial charge in [-0.1, -0.05) is 31.4 Å². The molecule has 1 aliphatic heterocycles. The molecule has 0 radical (unpaired) electrons. The number of amides is 2. The van der Waals surface area contributed by atoms with Gasteiger partial charge in [-0.05, 0) is 44.4 Å². The molecule has 1 saturated carbocycles. The van der Waals surface area contributed by atoms with Gasteiger partial charge in [0.25, 0.3) is 5.69 Å². The number of nitrogens with zero attached hydrogens (tertiary/aromatic N) is 1. The van der Waals surface area contributed by atoms with Crippen LogP contribution in [0.25, 0.3) is 0 Å². The molecule has 8 nitrogen and oxygen atoms in total. The maximum Gasteiger partial charge on any atom is 0.339 e. The van der Waals surface area contributed by atoms with Crippen molar-refractivity contribution in [2.45, 2.75) is 38.1 Å².